The summed E-state index contributed by atoms with van der Waals surface area (Å²) in [5.41, 5.74) is 1.03. The highest BCUT2D eigenvalue weighted by atomic mass is 79.9. The molecule has 0 spiro atoms. The zero-order valence-electron chi connectivity index (χ0n) is 8.88. The first-order valence-corrected chi connectivity index (χ1v) is 5.99. The summed E-state index contributed by atoms with van der Waals surface area (Å²) in [7, 11) is 0. The summed E-state index contributed by atoms with van der Waals surface area (Å²) in [6, 6.07) is 7.63. The smallest absolute Gasteiger partial charge is 0.200 e. The molecule has 0 radical (unpaired) electrons. The number of hydroxylamine groups is 2. The Balaban J connectivity index is 1.98. The maximum atomic E-state index is 12.0. The van der Waals surface area contributed by atoms with E-state index in [0.717, 1.165) is 15.1 Å². The fourth-order valence-corrected chi connectivity index (χ4v) is 2.41. The Morgan fingerprint density at radius 2 is 2.12 bits per heavy atom. The first-order valence-electron chi connectivity index (χ1n) is 5.20. The largest absolute Gasteiger partial charge is 0.539 e. The number of hydrogen-bond donors (Lipinski definition) is 0. The van der Waals surface area contributed by atoms with Gasteiger partial charge < -0.3 is 0 Å². The molecule has 0 amide bonds. The number of benzene rings is 1. The van der Waals surface area contributed by atoms with Crippen molar-refractivity contribution in [3.05, 3.63) is 34.3 Å². The van der Waals surface area contributed by atoms with Gasteiger partial charge in [-0.3, -0.25) is 0 Å². The predicted molar refractivity (Wildman–Crippen MR) is 60.2 cm³/mol. The van der Waals surface area contributed by atoms with Gasteiger partial charge in [0.1, 0.15) is 0 Å². The van der Waals surface area contributed by atoms with Crippen molar-refractivity contribution in [2.45, 2.75) is 18.7 Å². The van der Waals surface area contributed by atoms with E-state index in [2.05, 4.69) is 20.8 Å². The van der Waals surface area contributed by atoms with Crippen molar-refractivity contribution in [2.75, 3.05) is 13.1 Å². The average molecular weight is 310 g/mol. The van der Waals surface area contributed by atoms with Gasteiger partial charge in [-0.25, -0.2) is 4.84 Å². The lowest BCUT2D eigenvalue weighted by atomic mass is 9.99. The lowest BCUT2D eigenvalue weighted by molar-refractivity contribution is -0.410. The SMILES string of the molecule is FC(F)(F)ON1CC[C@H](c2cccc(Br)c2)C1. The van der Waals surface area contributed by atoms with Crippen molar-refractivity contribution >= 4 is 15.9 Å². The van der Waals surface area contributed by atoms with Crippen LogP contribution in [0.3, 0.4) is 0 Å². The third kappa shape index (κ3) is 3.69. The molecule has 1 aromatic carbocycles. The van der Waals surface area contributed by atoms with Gasteiger partial charge in [0.2, 0.25) is 0 Å². The summed E-state index contributed by atoms with van der Waals surface area (Å²) in [6.45, 7) is 0.576. The Bertz CT molecular complexity index is 397. The molecule has 1 aromatic rings. The molecule has 1 aliphatic rings. The molecule has 94 valence electrons. The van der Waals surface area contributed by atoms with E-state index in [1.807, 2.05) is 24.3 Å². The molecule has 6 heteroatoms. The minimum absolute atomic E-state index is 0.0925. The molecule has 1 heterocycles. The molecule has 0 N–H and O–H groups in total. The minimum Gasteiger partial charge on any atom is -0.200 e. The average Bonchev–Trinajstić information content (AvgIpc) is 2.63. The van der Waals surface area contributed by atoms with E-state index in [4.69, 9.17) is 0 Å². The van der Waals surface area contributed by atoms with Crippen molar-refractivity contribution in [3.63, 3.8) is 0 Å². The quantitative estimate of drug-likeness (QED) is 0.826. The molecule has 0 aromatic heterocycles. The Hall–Kier alpha value is -0.590. The summed E-state index contributed by atoms with van der Waals surface area (Å²) < 4.78 is 37.0. The minimum atomic E-state index is -4.59. The molecule has 0 bridgehead atoms. The highest BCUT2D eigenvalue weighted by molar-refractivity contribution is 9.10. The molecule has 1 atom stereocenters. The Kier molecular flexibility index (Phi) is 3.75. The fraction of sp³-hybridized carbons (Fsp3) is 0.455. The van der Waals surface area contributed by atoms with Gasteiger partial charge in [-0.15, -0.1) is 13.2 Å². The van der Waals surface area contributed by atoms with Gasteiger partial charge in [-0.05, 0) is 24.1 Å². The monoisotopic (exact) mass is 309 g/mol. The van der Waals surface area contributed by atoms with E-state index >= 15 is 0 Å². The van der Waals surface area contributed by atoms with Crippen LogP contribution in [0.15, 0.2) is 28.7 Å². The van der Waals surface area contributed by atoms with Crippen LogP contribution in [0.2, 0.25) is 0 Å². The second-order valence-corrected chi connectivity index (χ2v) is 4.88. The third-order valence-electron chi connectivity index (χ3n) is 2.70. The van der Waals surface area contributed by atoms with E-state index in [1.165, 1.54) is 0 Å². The maximum Gasteiger partial charge on any atom is 0.539 e. The second kappa shape index (κ2) is 4.96. The third-order valence-corrected chi connectivity index (χ3v) is 3.20. The van der Waals surface area contributed by atoms with Gasteiger partial charge in [-0.1, -0.05) is 28.1 Å². The van der Waals surface area contributed by atoms with Crippen LogP contribution in [-0.4, -0.2) is 24.5 Å². The Labute approximate surface area is 105 Å². The number of hydrogen-bond acceptors (Lipinski definition) is 2. The van der Waals surface area contributed by atoms with E-state index in [9.17, 15) is 13.2 Å². The fourth-order valence-electron chi connectivity index (χ4n) is 1.99. The molecule has 2 nitrogen and oxygen atoms in total. The standard InChI is InChI=1S/C11H11BrF3NO/c12-10-3-1-2-8(6-10)9-4-5-16(7-9)17-11(13,14)15/h1-3,6,9H,4-5,7H2/t9-/m0/s1. The number of rotatable bonds is 2. The Morgan fingerprint density at radius 3 is 2.76 bits per heavy atom. The van der Waals surface area contributed by atoms with Gasteiger partial charge in [-0.2, -0.15) is 5.06 Å². The summed E-state index contributed by atoms with van der Waals surface area (Å²) >= 11 is 3.35. The van der Waals surface area contributed by atoms with Gasteiger partial charge in [0.15, 0.2) is 0 Å². The van der Waals surface area contributed by atoms with Crippen LogP contribution in [0, 0.1) is 0 Å². The summed E-state index contributed by atoms with van der Waals surface area (Å²) in [4.78, 5) is 3.90. The van der Waals surface area contributed by atoms with Crippen LogP contribution in [0.1, 0.15) is 17.9 Å². The topological polar surface area (TPSA) is 12.5 Å². The van der Waals surface area contributed by atoms with Crippen LogP contribution in [0.4, 0.5) is 13.2 Å². The molecule has 1 fully saturated rings. The van der Waals surface area contributed by atoms with Crippen molar-refractivity contribution in [1.82, 2.24) is 5.06 Å². The van der Waals surface area contributed by atoms with Gasteiger partial charge >= 0.3 is 6.36 Å². The van der Waals surface area contributed by atoms with E-state index < -0.39 is 6.36 Å². The predicted octanol–water partition coefficient (Wildman–Crippen LogP) is 3.69. The van der Waals surface area contributed by atoms with Crippen LogP contribution < -0.4 is 0 Å². The first-order chi connectivity index (χ1) is 7.94. The van der Waals surface area contributed by atoms with E-state index in [0.29, 0.717) is 13.0 Å². The molecule has 0 unspecified atom stereocenters. The highest BCUT2D eigenvalue weighted by Crippen LogP contribution is 2.31. The molecule has 2 rings (SSSR count). The van der Waals surface area contributed by atoms with Crippen LogP contribution in [0.5, 0.6) is 0 Å². The zero-order chi connectivity index (χ0) is 12.5. The molecule has 0 aliphatic carbocycles. The van der Waals surface area contributed by atoms with E-state index in [-0.39, 0.29) is 12.5 Å². The van der Waals surface area contributed by atoms with Gasteiger partial charge in [0.05, 0.1) is 0 Å². The molecule has 1 saturated heterocycles. The molecular formula is C11H11BrF3NO. The lowest BCUT2D eigenvalue weighted by Gasteiger charge is -2.17. The number of halogens is 4. The molecule has 1 aliphatic heterocycles. The van der Waals surface area contributed by atoms with Gasteiger partial charge in [0.25, 0.3) is 0 Å². The first kappa shape index (κ1) is 12.9. The molecule has 17 heavy (non-hydrogen) atoms. The van der Waals surface area contributed by atoms with Crippen molar-refractivity contribution < 1.29 is 18.0 Å². The van der Waals surface area contributed by atoms with Crippen LogP contribution in [0.25, 0.3) is 0 Å². The number of nitrogens with zero attached hydrogens (tertiary/aromatic N) is 1. The molecular weight excluding hydrogens is 299 g/mol. The van der Waals surface area contributed by atoms with Crippen molar-refractivity contribution in [1.29, 1.82) is 0 Å². The summed E-state index contributed by atoms with van der Waals surface area (Å²) in [5.74, 6) is 0.0925. The zero-order valence-corrected chi connectivity index (χ0v) is 10.5. The second-order valence-electron chi connectivity index (χ2n) is 3.97. The highest BCUT2D eigenvalue weighted by Gasteiger charge is 2.36. The van der Waals surface area contributed by atoms with Crippen LogP contribution in [-0.2, 0) is 4.84 Å². The normalized spacial score (nSPS) is 22.0. The summed E-state index contributed by atoms with van der Waals surface area (Å²) in [5, 5.41) is 0.978. The Morgan fingerprint density at radius 1 is 1.35 bits per heavy atom. The number of alkyl halides is 3. The summed E-state index contributed by atoms with van der Waals surface area (Å²) in [6.07, 6.45) is -3.92. The van der Waals surface area contributed by atoms with Crippen molar-refractivity contribution in [2.24, 2.45) is 0 Å². The lowest BCUT2D eigenvalue weighted by Crippen LogP contribution is -2.29. The van der Waals surface area contributed by atoms with E-state index in [1.54, 1.807) is 0 Å². The molecule has 0 saturated carbocycles. The maximum absolute atomic E-state index is 12.0. The van der Waals surface area contributed by atoms with Crippen LogP contribution >= 0.6 is 15.9 Å². The van der Waals surface area contributed by atoms with Crippen molar-refractivity contribution in [3.8, 4) is 0 Å². The van der Waals surface area contributed by atoms with Gasteiger partial charge in [0, 0.05) is 23.5 Å².